The van der Waals surface area contributed by atoms with Crippen molar-refractivity contribution in [1.29, 1.82) is 0 Å². The Morgan fingerprint density at radius 1 is 1.30 bits per heavy atom. The Morgan fingerprint density at radius 3 is 2.70 bits per heavy atom. The van der Waals surface area contributed by atoms with E-state index in [-0.39, 0.29) is 30.1 Å². The second-order valence-electron chi connectivity index (χ2n) is 6.23. The molecule has 0 atom stereocenters. The van der Waals surface area contributed by atoms with Gasteiger partial charge in [-0.2, -0.15) is 0 Å². The molecule has 0 unspecified atom stereocenters. The number of esters is 1. The predicted octanol–water partition coefficient (Wildman–Crippen LogP) is 1.32. The normalized spacial score (nSPS) is 14.6. The molecule has 0 radical (unpaired) electrons. The van der Waals surface area contributed by atoms with Crippen LogP contribution < -0.4 is 0 Å². The van der Waals surface area contributed by atoms with Crippen molar-refractivity contribution >= 4 is 17.6 Å². The molecule has 148 valence electrons. The monoisotopic (exact) mass is 379 g/mol. The van der Waals surface area contributed by atoms with Crippen molar-refractivity contribution < 1.29 is 24.0 Å². The standard InChI is InChI=1S/C18H25N3O6/c1-26-17(22)6-9-20(8-3-7-19-10-12-27-13-11-19)18(23)15-4-2-5-16(14-15)21(24)25/h2,4-5,14H,3,6-13H2,1H3. The predicted molar refractivity (Wildman–Crippen MR) is 97.5 cm³/mol. The van der Waals surface area contributed by atoms with Crippen LogP contribution >= 0.6 is 0 Å². The van der Waals surface area contributed by atoms with E-state index in [4.69, 9.17) is 4.74 Å². The van der Waals surface area contributed by atoms with Gasteiger partial charge >= 0.3 is 5.97 Å². The van der Waals surface area contributed by atoms with Crippen molar-refractivity contribution in [3.05, 3.63) is 39.9 Å². The summed E-state index contributed by atoms with van der Waals surface area (Å²) in [5, 5.41) is 11.0. The highest BCUT2D eigenvalue weighted by Gasteiger charge is 2.20. The third-order valence-corrected chi connectivity index (χ3v) is 4.41. The van der Waals surface area contributed by atoms with Gasteiger partial charge in [0.25, 0.3) is 11.6 Å². The maximum Gasteiger partial charge on any atom is 0.307 e. The van der Waals surface area contributed by atoms with E-state index in [2.05, 4.69) is 9.64 Å². The fraction of sp³-hybridized carbons (Fsp3) is 0.556. The number of hydrogen-bond acceptors (Lipinski definition) is 7. The third-order valence-electron chi connectivity index (χ3n) is 4.41. The first-order valence-electron chi connectivity index (χ1n) is 8.92. The lowest BCUT2D eigenvalue weighted by molar-refractivity contribution is -0.384. The molecule has 1 aliphatic heterocycles. The minimum Gasteiger partial charge on any atom is -0.469 e. The fourth-order valence-electron chi connectivity index (χ4n) is 2.89. The summed E-state index contributed by atoms with van der Waals surface area (Å²) in [4.78, 5) is 38.5. The van der Waals surface area contributed by atoms with Gasteiger partial charge in [0.15, 0.2) is 0 Å². The number of benzene rings is 1. The quantitative estimate of drug-likeness (QED) is 0.362. The Hall–Kier alpha value is -2.52. The number of morpholine rings is 1. The molecule has 2 rings (SSSR count). The number of hydrogen-bond donors (Lipinski definition) is 0. The summed E-state index contributed by atoms with van der Waals surface area (Å²) in [6, 6.07) is 5.63. The van der Waals surface area contributed by atoms with Gasteiger partial charge in [0.05, 0.1) is 31.7 Å². The molecule has 0 aliphatic carbocycles. The van der Waals surface area contributed by atoms with Gasteiger partial charge in [-0.1, -0.05) is 6.07 Å². The lowest BCUT2D eigenvalue weighted by Gasteiger charge is -2.28. The van der Waals surface area contributed by atoms with Crippen LogP contribution in [0.3, 0.4) is 0 Å². The number of nitrogens with zero attached hydrogens (tertiary/aromatic N) is 3. The summed E-state index contributed by atoms with van der Waals surface area (Å²) in [5.74, 6) is -0.732. The van der Waals surface area contributed by atoms with Crippen LogP contribution in [0.2, 0.25) is 0 Å². The molecule has 1 amide bonds. The molecular weight excluding hydrogens is 354 g/mol. The molecule has 1 aromatic rings. The fourth-order valence-corrected chi connectivity index (χ4v) is 2.89. The molecule has 1 saturated heterocycles. The molecule has 27 heavy (non-hydrogen) atoms. The highest BCUT2D eigenvalue weighted by Crippen LogP contribution is 2.15. The largest absolute Gasteiger partial charge is 0.469 e. The minimum absolute atomic E-state index is 0.0781. The van der Waals surface area contributed by atoms with E-state index in [9.17, 15) is 19.7 Å². The van der Waals surface area contributed by atoms with Gasteiger partial charge in [0.2, 0.25) is 0 Å². The maximum atomic E-state index is 12.8. The van der Waals surface area contributed by atoms with Gasteiger partial charge < -0.3 is 14.4 Å². The van der Waals surface area contributed by atoms with E-state index in [1.807, 2.05) is 0 Å². The highest BCUT2D eigenvalue weighted by molar-refractivity contribution is 5.95. The molecule has 1 aliphatic rings. The van der Waals surface area contributed by atoms with Gasteiger partial charge in [-0.3, -0.25) is 24.6 Å². The Morgan fingerprint density at radius 2 is 2.04 bits per heavy atom. The van der Waals surface area contributed by atoms with Gasteiger partial charge in [-0.05, 0) is 12.5 Å². The van der Waals surface area contributed by atoms with Crippen LogP contribution in [-0.2, 0) is 14.3 Å². The van der Waals surface area contributed by atoms with Crippen LogP contribution in [-0.4, -0.2) is 79.6 Å². The lowest BCUT2D eigenvalue weighted by atomic mass is 10.1. The van der Waals surface area contributed by atoms with Crippen LogP contribution in [0.4, 0.5) is 5.69 Å². The van der Waals surface area contributed by atoms with E-state index in [1.165, 1.54) is 25.3 Å². The number of rotatable bonds is 9. The number of amides is 1. The van der Waals surface area contributed by atoms with Gasteiger partial charge in [0.1, 0.15) is 0 Å². The number of nitro benzene ring substituents is 1. The average Bonchev–Trinajstić information content (AvgIpc) is 2.70. The zero-order chi connectivity index (χ0) is 19.6. The second-order valence-corrected chi connectivity index (χ2v) is 6.23. The van der Waals surface area contributed by atoms with E-state index in [0.717, 1.165) is 26.1 Å². The Kier molecular flexibility index (Phi) is 8.15. The third kappa shape index (κ3) is 6.61. The Bertz CT molecular complexity index is 660. The van der Waals surface area contributed by atoms with Crippen molar-refractivity contribution in [3.8, 4) is 0 Å². The second kappa shape index (κ2) is 10.6. The first-order valence-corrected chi connectivity index (χ1v) is 8.92. The number of carbonyl (C=O) groups excluding carboxylic acids is 2. The molecule has 9 nitrogen and oxygen atoms in total. The first kappa shape index (κ1) is 20.8. The summed E-state index contributed by atoms with van der Waals surface area (Å²) >= 11 is 0. The van der Waals surface area contributed by atoms with Crippen LogP contribution in [0.15, 0.2) is 24.3 Å². The van der Waals surface area contributed by atoms with Gasteiger partial charge in [-0.25, -0.2) is 0 Å². The van der Waals surface area contributed by atoms with Gasteiger partial charge in [-0.15, -0.1) is 0 Å². The zero-order valence-corrected chi connectivity index (χ0v) is 15.5. The first-order chi connectivity index (χ1) is 13.0. The summed E-state index contributed by atoms with van der Waals surface area (Å²) in [7, 11) is 1.30. The van der Waals surface area contributed by atoms with Crippen molar-refractivity contribution in [3.63, 3.8) is 0 Å². The molecule has 0 N–H and O–H groups in total. The van der Waals surface area contributed by atoms with Crippen LogP contribution in [0, 0.1) is 10.1 Å². The smallest absolute Gasteiger partial charge is 0.307 e. The van der Waals surface area contributed by atoms with E-state index in [1.54, 1.807) is 11.0 Å². The molecule has 1 heterocycles. The summed E-state index contributed by atoms with van der Waals surface area (Å²) in [6.45, 7) is 4.62. The SMILES string of the molecule is COC(=O)CCN(CCCN1CCOCC1)C(=O)c1cccc([N+](=O)[O-])c1. The number of methoxy groups -OCH3 is 1. The summed E-state index contributed by atoms with van der Waals surface area (Å²) < 4.78 is 9.97. The summed E-state index contributed by atoms with van der Waals surface area (Å²) in [6.07, 6.45) is 0.816. The highest BCUT2D eigenvalue weighted by atomic mass is 16.6. The van der Waals surface area contributed by atoms with Crippen LogP contribution in [0.25, 0.3) is 0 Å². The Balaban J connectivity index is 2.01. The topological polar surface area (TPSA) is 102 Å². The average molecular weight is 379 g/mol. The zero-order valence-electron chi connectivity index (χ0n) is 15.5. The van der Waals surface area contributed by atoms with Crippen LogP contribution in [0.1, 0.15) is 23.2 Å². The van der Waals surface area contributed by atoms with Gasteiger partial charge in [0, 0.05) is 50.4 Å². The molecule has 0 saturated carbocycles. The van der Waals surface area contributed by atoms with Crippen molar-refractivity contribution in [2.75, 3.05) is 53.0 Å². The lowest BCUT2D eigenvalue weighted by Crippen LogP contribution is -2.39. The molecule has 0 aromatic heterocycles. The van der Waals surface area contributed by atoms with Crippen LogP contribution in [0.5, 0.6) is 0 Å². The number of ether oxygens (including phenoxy) is 2. The maximum absolute atomic E-state index is 12.8. The molecule has 9 heteroatoms. The number of non-ortho nitro benzene ring substituents is 1. The molecule has 1 aromatic carbocycles. The number of nitro groups is 1. The molecule has 1 fully saturated rings. The number of carbonyl (C=O) groups is 2. The minimum atomic E-state index is -0.534. The Labute approximate surface area is 158 Å². The van der Waals surface area contributed by atoms with E-state index >= 15 is 0 Å². The molecule has 0 bridgehead atoms. The van der Waals surface area contributed by atoms with Crippen molar-refractivity contribution in [2.45, 2.75) is 12.8 Å². The van der Waals surface area contributed by atoms with Crippen molar-refractivity contribution in [1.82, 2.24) is 9.80 Å². The molecule has 0 spiro atoms. The summed E-state index contributed by atoms with van der Waals surface area (Å²) in [5.41, 5.74) is 0.0996. The van der Waals surface area contributed by atoms with E-state index in [0.29, 0.717) is 19.8 Å². The van der Waals surface area contributed by atoms with Crippen molar-refractivity contribution in [2.24, 2.45) is 0 Å². The molecular formula is C18H25N3O6. The van der Waals surface area contributed by atoms with E-state index < -0.39 is 10.9 Å².